The Bertz CT molecular complexity index is 661. The predicted octanol–water partition coefficient (Wildman–Crippen LogP) is 2.10. The van der Waals surface area contributed by atoms with Gasteiger partial charge in [-0.1, -0.05) is 13.8 Å². The molecule has 0 bridgehead atoms. The second-order valence-corrected chi connectivity index (χ2v) is 4.61. The van der Waals surface area contributed by atoms with Crippen LogP contribution in [0.4, 0.5) is 0 Å². The Morgan fingerprint density at radius 2 is 1.95 bits per heavy atom. The largest absolute Gasteiger partial charge is 0.478 e. The summed E-state index contributed by atoms with van der Waals surface area (Å²) >= 11 is 0. The number of aromatic nitrogens is 4. The minimum atomic E-state index is -0.999. The smallest absolute Gasteiger partial charge is 0.339 e. The van der Waals surface area contributed by atoms with Crippen LogP contribution in [0.1, 0.15) is 47.2 Å². The molecule has 2 aromatic rings. The number of pyridine rings is 1. The van der Waals surface area contributed by atoms with Crippen LogP contribution in [0.3, 0.4) is 0 Å². The van der Waals surface area contributed by atoms with Crippen LogP contribution in [0.15, 0.2) is 6.07 Å². The summed E-state index contributed by atoms with van der Waals surface area (Å²) in [6, 6.07) is 1.74. The number of hydrogen-bond acceptors (Lipinski definition) is 4. The Labute approximate surface area is 117 Å². The highest BCUT2D eigenvalue weighted by molar-refractivity contribution is 5.93. The molecule has 0 saturated heterocycles. The summed E-state index contributed by atoms with van der Waals surface area (Å²) in [5.41, 5.74) is 1.96. The lowest BCUT2D eigenvalue weighted by atomic mass is 10.1. The van der Waals surface area contributed by atoms with Crippen molar-refractivity contribution in [1.29, 1.82) is 0 Å². The van der Waals surface area contributed by atoms with Gasteiger partial charge < -0.3 is 5.11 Å². The zero-order chi connectivity index (χ0) is 14.9. The van der Waals surface area contributed by atoms with Gasteiger partial charge in [-0.25, -0.2) is 14.5 Å². The molecule has 0 fully saturated rings. The number of carboxylic acid groups (broad SMARTS) is 1. The van der Waals surface area contributed by atoms with Crippen LogP contribution in [0.25, 0.3) is 5.69 Å². The average molecular weight is 274 g/mol. The van der Waals surface area contributed by atoms with Crippen molar-refractivity contribution in [3.05, 3.63) is 34.7 Å². The summed E-state index contributed by atoms with van der Waals surface area (Å²) in [6.45, 7) is 7.48. The van der Waals surface area contributed by atoms with Gasteiger partial charge in [-0.05, 0) is 19.9 Å². The Hall–Kier alpha value is -2.24. The van der Waals surface area contributed by atoms with E-state index in [0.29, 0.717) is 30.0 Å². The Kier molecular flexibility index (Phi) is 3.83. The number of aryl methyl sites for hydroxylation is 4. The molecule has 106 valence electrons. The minimum Gasteiger partial charge on any atom is -0.478 e. The zero-order valence-electron chi connectivity index (χ0n) is 12.1. The van der Waals surface area contributed by atoms with Gasteiger partial charge >= 0.3 is 5.97 Å². The summed E-state index contributed by atoms with van der Waals surface area (Å²) in [4.78, 5) is 20.1. The maximum Gasteiger partial charge on any atom is 0.339 e. The number of carboxylic acids is 1. The van der Waals surface area contributed by atoms with E-state index in [0.717, 1.165) is 11.5 Å². The van der Waals surface area contributed by atoms with Crippen LogP contribution in [0, 0.1) is 13.8 Å². The van der Waals surface area contributed by atoms with Gasteiger partial charge in [0.05, 0.1) is 11.4 Å². The molecule has 2 rings (SSSR count). The first-order chi connectivity index (χ1) is 9.47. The van der Waals surface area contributed by atoms with Gasteiger partial charge in [0.2, 0.25) is 0 Å². The monoisotopic (exact) mass is 274 g/mol. The molecule has 6 heteroatoms. The summed E-state index contributed by atoms with van der Waals surface area (Å²) in [6.07, 6.45) is 1.40. The van der Waals surface area contributed by atoms with E-state index in [2.05, 4.69) is 15.1 Å². The third-order valence-electron chi connectivity index (χ3n) is 3.10. The fourth-order valence-electron chi connectivity index (χ4n) is 2.20. The highest BCUT2D eigenvalue weighted by atomic mass is 16.4. The third kappa shape index (κ3) is 2.41. The summed E-state index contributed by atoms with van der Waals surface area (Å²) in [5.74, 6) is 0.472. The number of aromatic carboxylic acids is 1. The molecule has 0 saturated carbocycles. The van der Waals surface area contributed by atoms with Gasteiger partial charge in [-0.15, -0.1) is 0 Å². The average Bonchev–Trinajstić information content (AvgIpc) is 2.80. The van der Waals surface area contributed by atoms with Gasteiger partial charge in [0.15, 0.2) is 5.82 Å². The second-order valence-electron chi connectivity index (χ2n) is 4.61. The first-order valence-corrected chi connectivity index (χ1v) is 6.64. The normalized spacial score (nSPS) is 10.8. The standard InChI is InChI=1S/C14H18N4O2/c1-5-11-16-12(6-2)18(17-11)10-7-8(3)15-9(4)13(10)14(19)20/h7H,5-6H2,1-4H3,(H,19,20). The van der Waals surface area contributed by atoms with E-state index < -0.39 is 5.97 Å². The first-order valence-electron chi connectivity index (χ1n) is 6.64. The van der Waals surface area contributed by atoms with Crippen LogP contribution in [-0.4, -0.2) is 30.8 Å². The molecule has 20 heavy (non-hydrogen) atoms. The van der Waals surface area contributed by atoms with Crippen LogP contribution < -0.4 is 0 Å². The molecule has 6 nitrogen and oxygen atoms in total. The van der Waals surface area contributed by atoms with Gasteiger partial charge in [-0.3, -0.25) is 4.98 Å². The van der Waals surface area contributed by atoms with E-state index in [1.807, 2.05) is 20.8 Å². The van der Waals surface area contributed by atoms with E-state index in [1.165, 1.54) is 0 Å². The third-order valence-corrected chi connectivity index (χ3v) is 3.10. The van der Waals surface area contributed by atoms with Crippen LogP contribution in [0.2, 0.25) is 0 Å². The van der Waals surface area contributed by atoms with Crippen molar-refractivity contribution >= 4 is 5.97 Å². The topological polar surface area (TPSA) is 80.9 Å². The van der Waals surface area contributed by atoms with Crippen molar-refractivity contribution < 1.29 is 9.90 Å². The number of carbonyl (C=O) groups is 1. The van der Waals surface area contributed by atoms with Crippen LogP contribution in [-0.2, 0) is 12.8 Å². The van der Waals surface area contributed by atoms with Crippen molar-refractivity contribution in [2.75, 3.05) is 0 Å². The zero-order valence-corrected chi connectivity index (χ0v) is 12.1. The highest BCUT2D eigenvalue weighted by Gasteiger charge is 2.20. The highest BCUT2D eigenvalue weighted by Crippen LogP contribution is 2.20. The van der Waals surface area contributed by atoms with E-state index >= 15 is 0 Å². The molecule has 0 amide bonds. The molecule has 0 aliphatic heterocycles. The lowest BCUT2D eigenvalue weighted by molar-refractivity contribution is 0.0695. The number of rotatable bonds is 4. The Balaban J connectivity index is 2.74. The van der Waals surface area contributed by atoms with Gasteiger partial charge in [-0.2, -0.15) is 5.10 Å². The van der Waals surface area contributed by atoms with Crippen molar-refractivity contribution in [1.82, 2.24) is 19.7 Å². The summed E-state index contributed by atoms with van der Waals surface area (Å²) in [7, 11) is 0. The molecule has 0 radical (unpaired) electrons. The predicted molar refractivity (Wildman–Crippen MR) is 74.3 cm³/mol. The van der Waals surface area contributed by atoms with E-state index in [4.69, 9.17) is 0 Å². The lowest BCUT2D eigenvalue weighted by Crippen LogP contribution is -2.13. The fraction of sp³-hybridized carbons (Fsp3) is 0.429. The van der Waals surface area contributed by atoms with Crippen molar-refractivity contribution in [3.8, 4) is 5.69 Å². The minimum absolute atomic E-state index is 0.179. The molecule has 0 aliphatic rings. The molecule has 1 N–H and O–H groups in total. The Morgan fingerprint density at radius 1 is 1.25 bits per heavy atom. The molecular formula is C14H18N4O2. The molecule has 0 aliphatic carbocycles. The van der Waals surface area contributed by atoms with Crippen LogP contribution >= 0.6 is 0 Å². The summed E-state index contributed by atoms with van der Waals surface area (Å²) in [5, 5.41) is 13.8. The second kappa shape index (κ2) is 5.40. The quantitative estimate of drug-likeness (QED) is 0.923. The van der Waals surface area contributed by atoms with Crippen molar-refractivity contribution in [2.45, 2.75) is 40.5 Å². The number of hydrogen-bond donors (Lipinski definition) is 1. The van der Waals surface area contributed by atoms with E-state index in [9.17, 15) is 9.90 Å². The Morgan fingerprint density at radius 3 is 2.50 bits per heavy atom. The van der Waals surface area contributed by atoms with Gasteiger partial charge in [0.25, 0.3) is 0 Å². The maximum atomic E-state index is 11.5. The maximum absolute atomic E-state index is 11.5. The molecule has 0 aromatic carbocycles. The van der Waals surface area contributed by atoms with Gasteiger partial charge in [0, 0.05) is 18.5 Å². The first kappa shape index (κ1) is 14.2. The molecule has 0 atom stereocenters. The van der Waals surface area contributed by atoms with Gasteiger partial charge in [0.1, 0.15) is 11.4 Å². The SMILES string of the molecule is CCc1nc(CC)n(-c2cc(C)nc(C)c2C(=O)O)n1. The van der Waals surface area contributed by atoms with Crippen LogP contribution in [0.5, 0.6) is 0 Å². The lowest BCUT2D eigenvalue weighted by Gasteiger charge is -2.11. The number of nitrogens with zero attached hydrogens (tertiary/aromatic N) is 4. The molecule has 0 unspecified atom stereocenters. The molecule has 2 aromatic heterocycles. The molecule has 2 heterocycles. The fourth-order valence-corrected chi connectivity index (χ4v) is 2.20. The van der Waals surface area contributed by atoms with Crippen molar-refractivity contribution in [2.24, 2.45) is 0 Å². The molecule has 0 spiro atoms. The molecular weight excluding hydrogens is 256 g/mol. The van der Waals surface area contributed by atoms with E-state index in [-0.39, 0.29) is 5.56 Å². The van der Waals surface area contributed by atoms with Crippen molar-refractivity contribution in [3.63, 3.8) is 0 Å². The summed E-state index contributed by atoms with van der Waals surface area (Å²) < 4.78 is 1.63. The van der Waals surface area contributed by atoms with E-state index in [1.54, 1.807) is 17.7 Å².